The number of hydrogen-bond donors (Lipinski definition) is 3. The van der Waals surface area contributed by atoms with Gasteiger partial charge in [-0.25, -0.2) is 13.8 Å². The molecule has 0 saturated heterocycles. The van der Waals surface area contributed by atoms with Crippen LogP contribution in [0.3, 0.4) is 0 Å². The highest BCUT2D eigenvalue weighted by molar-refractivity contribution is 5.79. The predicted octanol–water partition coefficient (Wildman–Crippen LogP) is 3.16. The third-order valence-corrected chi connectivity index (χ3v) is 3.50. The molecule has 146 valence electrons. The Labute approximate surface area is 152 Å². The van der Waals surface area contributed by atoms with E-state index in [4.69, 9.17) is 0 Å². The van der Waals surface area contributed by atoms with E-state index in [1.54, 1.807) is 0 Å². The number of anilines is 1. The van der Waals surface area contributed by atoms with E-state index in [2.05, 4.69) is 25.9 Å². The minimum atomic E-state index is -4.50. The molecule has 0 aliphatic carbocycles. The molecule has 2 rings (SSSR count). The summed E-state index contributed by atoms with van der Waals surface area (Å²) in [5.41, 5.74) is -0.728. The fourth-order valence-electron chi connectivity index (χ4n) is 2.22. The van der Waals surface area contributed by atoms with Crippen molar-refractivity contribution in [2.75, 3.05) is 25.5 Å². The van der Waals surface area contributed by atoms with Crippen LogP contribution < -0.4 is 16.0 Å². The lowest BCUT2D eigenvalue weighted by atomic mass is 10.2. The van der Waals surface area contributed by atoms with Gasteiger partial charge in [0.15, 0.2) is 5.96 Å². The van der Waals surface area contributed by atoms with Crippen molar-refractivity contribution in [1.82, 2.24) is 15.6 Å². The number of guanidine groups is 1. The zero-order valence-electron chi connectivity index (χ0n) is 14.4. The summed E-state index contributed by atoms with van der Waals surface area (Å²) in [5.74, 6) is -1.10. The molecule has 0 aliphatic heterocycles. The van der Waals surface area contributed by atoms with Crippen molar-refractivity contribution in [3.8, 4) is 0 Å². The van der Waals surface area contributed by atoms with Crippen molar-refractivity contribution in [2.24, 2.45) is 4.99 Å². The Morgan fingerprint density at radius 3 is 2.59 bits per heavy atom. The fraction of sp³-hybridized carbons (Fsp3) is 0.294. The van der Waals surface area contributed by atoms with Gasteiger partial charge in [0.25, 0.3) is 0 Å². The SMILES string of the molecule is CN=C(NCCNc1ncccc1C(F)(F)F)NCc1cc(F)ccc1F. The van der Waals surface area contributed by atoms with Gasteiger partial charge in [0, 0.05) is 38.4 Å². The molecular formula is C17H18F5N5. The summed E-state index contributed by atoms with van der Waals surface area (Å²) in [6.45, 7) is 0.351. The third-order valence-electron chi connectivity index (χ3n) is 3.50. The summed E-state index contributed by atoms with van der Waals surface area (Å²) in [7, 11) is 1.48. The van der Waals surface area contributed by atoms with Crippen molar-refractivity contribution in [3.05, 3.63) is 59.3 Å². The van der Waals surface area contributed by atoms with Gasteiger partial charge in [-0.2, -0.15) is 13.2 Å². The highest BCUT2D eigenvalue weighted by Gasteiger charge is 2.33. The Morgan fingerprint density at radius 1 is 1.11 bits per heavy atom. The first-order valence-corrected chi connectivity index (χ1v) is 7.96. The first-order chi connectivity index (χ1) is 12.8. The van der Waals surface area contributed by atoms with E-state index in [1.807, 2.05) is 0 Å². The molecule has 0 bridgehead atoms. The standard InChI is InChI=1S/C17H18F5N5/c1-23-16(27-10-11-9-12(18)4-5-14(11)19)26-8-7-25-15-13(17(20,21)22)3-2-6-24-15/h2-6,9H,7-8,10H2,1H3,(H,24,25)(H2,23,26,27). The zero-order chi connectivity index (χ0) is 19.9. The van der Waals surface area contributed by atoms with Crippen LogP contribution in [-0.2, 0) is 12.7 Å². The molecule has 3 N–H and O–H groups in total. The van der Waals surface area contributed by atoms with Gasteiger partial charge in [-0.15, -0.1) is 0 Å². The molecule has 5 nitrogen and oxygen atoms in total. The van der Waals surface area contributed by atoms with Crippen LogP contribution in [-0.4, -0.2) is 31.1 Å². The molecule has 0 aliphatic rings. The maximum atomic E-state index is 13.6. The molecule has 0 fully saturated rings. The van der Waals surface area contributed by atoms with E-state index >= 15 is 0 Å². The molecule has 1 heterocycles. The van der Waals surface area contributed by atoms with E-state index in [1.165, 1.54) is 19.3 Å². The molecule has 0 radical (unpaired) electrons. The van der Waals surface area contributed by atoms with Crippen LogP contribution in [0.2, 0.25) is 0 Å². The maximum absolute atomic E-state index is 13.6. The van der Waals surface area contributed by atoms with E-state index in [0.717, 1.165) is 24.3 Å². The highest BCUT2D eigenvalue weighted by Crippen LogP contribution is 2.33. The monoisotopic (exact) mass is 387 g/mol. The molecule has 2 aromatic rings. The lowest BCUT2D eigenvalue weighted by Crippen LogP contribution is -2.39. The van der Waals surface area contributed by atoms with E-state index in [0.29, 0.717) is 0 Å². The second-order valence-corrected chi connectivity index (χ2v) is 5.41. The number of rotatable bonds is 6. The Morgan fingerprint density at radius 2 is 1.89 bits per heavy atom. The molecule has 0 unspecified atom stereocenters. The predicted molar refractivity (Wildman–Crippen MR) is 92.3 cm³/mol. The number of nitrogens with zero attached hydrogens (tertiary/aromatic N) is 2. The summed E-state index contributed by atoms with van der Waals surface area (Å²) >= 11 is 0. The first kappa shape index (κ1) is 20.4. The van der Waals surface area contributed by atoms with Crippen LogP contribution in [0.1, 0.15) is 11.1 Å². The van der Waals surface area contributed by atoms with E-state index in [9.17, 15) is 22.0 Å². The minimum absolute atomic E-state index is 0.00480. The topological polar surface area (TPSA) is 61.3 Å². The van der Waals surface area contributed by atoms with Gasteiger partial charge in [-0.05, 0) is 30.3 Å². The lowest BCUT2D eigenvalue weighted by molar-refractivity contribution is -0.137. The average Bonchev–Trinajstić information content (AvgIpc) is 2.63. The van der Waals surface area contributed by atoms with Crippen LogP contribution in [0.25, 0.3) is 0 Å². The van der Waals surface area contributed by atoms with Crippen LogP contribution in [0.5, 0.6) is 0 Å². The second kappa shape index (κ2) is 9.15. The van der Waals surface area contributed by atoms with Gasteiger partial charge < -0.3 is 16.0 Å². The molecule has 1 aromatic carbocycles. The summed E-state index contributed by atoms with van der Waals surface area (Å²) in [6, 6.07) is 5.26. The number of alkyl halides is 3. The fourth-order valence-corrected chi connectivity index (χ4v) is 2.22. The summed E-state index contributed by atoms with van der Waals surface area (Å²) < 4.78 is 65.4. The molecular weight excluding hydrogens is 369 g/mol. The molecule has 0 spiro atoms. The Kier molecular flexibility index (Phi) is 6.91. The van der Waals surface area contributed by atoms with Gasteiger partial charge in [-0.3, -0.25) is 4.99 Å². The van der Waals surface area contributed by atoms with Crippen molar-refractivity contribution in [3.63, 3.8) is 0 Å². The molecule has 0 atom stereocenters. The molecule has 0 amide bonds. The van der Waals surface area contributed by atoms with Crippen molar-refractivity contribution >= 4 is 11.8 Å². The zero-order valence-corrected chi connectivity index (χ0v) is 14.4. The Hall–Kier alpha value is -2.91. The van der Waals surface area contributed by atoms with Gasteiger partial charge in [-0.1, -0.05) is 0 Å². The number of benzene rings is 1. The number of aliphatic imine (C=N–C) groups is 1. The smallest absolute Gasteiger partial charge is 0.368 e. The number of aromatic nitrogens is 1. The van der Waals surface area contributed by atoms with Gasteiger partial charge in [0.05, 0.1) is 5.56 Å². The number of pyridine rings is 1. The molecule has 0 saturated carbocycles. The largest absolute Gasteiger partial charge is 0.419 e. The van der Waals surface area contributed by atoms with Crippen LogP contribution >= 0.6 is 0 Å². The van der Waals surface area contributed by atoms with Crippen LogP contribution in [0.15, 0.2) is 41.5 Å². The minimum Gasteiger partial charge on any atom is -0.368 e. The van der Waals surface area contributed by atoms with Gasteiger partial charge in [0.1, 0.15) is 17.5 Å². The van der Waals surface area contributed by atoms with Crippen molar-refractivity contribution in [2.45, 2.75) is 12.7 Å². The summed E-state index contributed by atoms with van der Waals surface area (Å²) in [5, 5.41) is 8.25. The van der Waals surface area contributed by atoms with Gasteiger partial charge in [0.2, 0.25) is 0 Å². The quantitative estimate of drug-likeness (QED) is 0.308. The molecule has 1 aromatic heterocycles. The Bertz CT molecular complexity index is 792. The second-order valence-electron chi connectivity index (χ2n) is 5.41. The average molecular weight is 387 g/mol. The summed E-state index contributed by atoms with van der Waals surface area (Å²) in [4.78, 5) is 7.61. The van der Waals surface area contributed by atoms with Crippen LogP contribution in [0.4, 0.5) is 27.8 Å². The van der Waals surface area contributed by atoms with E-state index < -0.39 is 23.4 Å². The highest BCUT2D eigenvalue weighted by atomic mass is 19.4. The maximum Gasteiger partial charge on any atom is 0.419 e. The van der Waals surface area contributed by atoms with Crippen molar-refractivity contribution < 1.29 is 22.0 Å². The molecule has 10 heteroatoms. The Balaban J connectivity index is 1.83. The third kappa shape index (κ3) is 6.08. The van der Waals surface area contributed by atoms with Crippen LogP contribution in [0, 0.1) is 11.6 Å². The van der Waals surface area contributed by atoms with Crippen molar-refractivity contribution in [1.29, 1.82) is 0 Å². The number of hydrogen-bond acceptors (Lipinski definition) is 3. The lowest BCUT2D eigenvalue weighted by Gasteiger charge is -2.15. The van der Waals surface area contributed by atoms with E-state index in [-0.39, 0.29) is 37.0 Å². The number of nitrogens with one attached hydrogen (secondary N) is 3. The number of halogens is 5. The van der Waals surface area contributed by atoms with Gasteiger partial charge >= 0.3 is 6.18 Å². The first-order valence-electron chi connectivity index (χ1n) is 7.96. The normalized spacial score (nSPS) is 12.0. The molecule has 27 heavy (non-hydrogen) atoms. The summed E-state index contributed by atoms with van der Waals surface area (Å²) in [6.07, 6.45) is -3.24.